The average molecular weight is 259 g/mol. The molecule has 0 aliphatic heterocycles. The summed E-state index contributed by atoms with van der Waals surface area (Å²) in [7, 11) is 1.61. The molecule has 100 valence electrons. The normalized spacial score (nSPS) is 10.5. The molecular weight excluding hydrogens is 242 g/mol. The van der Waals surface area contributed by atoms with Crippen LogP contribution in [0.25, 0.3) is 0 Å². The fraction of sp³-hybridized carbons (Fsp3) is 0.286. The van der Waals surface area contributed by atoms with E-state index < -0.39 is 0 Å². The summed E-state index contributed by atoms with van der Waals surface area (Å²) in [6.07, 6.45) is 3.81. The summed E-state index contributed by atoms with van der Waals surface area (Å²) in [6.45, 7) is 2.39. The quantitative estimate of drug-likeness (QED) is 0.900. The van der Waals surface area contributed by atoms with Crippen molar-refractivity contribution >= 4 is 5.91 Å². The van der Waals surface area contributed by atoms with E-state index in [0.29, 0.717) is 18.5 Å². The summed E-state index contributed by atoms with van der Waals surface area (Å²) in [6, 6.07) is 5.36. The molecule has 0 bridgehead atoms. The van der Waals surface area contributed by atoms with E-state index in [0.717, 1.165) is 17.0 Å². The molecule has 1 heterocycles. The number of aromatic nitrogens is 2. The van der Waals surface area contributed by atoms with Crippen molar-refractivity contribution in [3.8, 4) is 5.75 Å². The summed E-state index contributed by atoms with van der Waals surface area (Å²) >= 11 is 0. The molecule has 0 saturated heterocycles. The molecule has 5 nitrogen and oxygen atoms in total. The van der Waals surface area contributed by atoms with Crippen molar-refractivity contribution < 1.29 is 9.53 Å². The molecule has 0 amide bonds. The van der Waals surface area contributed by atoms with Crippen LogP contribution in [0, 0.1) is 6.92 Å². The van der Waals surface area contributed by atoms with Crippen LogP contribution in [-0.4, -0.2) is 29.1 Å². The van der Waals surface area contributed by atoms with Gasteiger partial charge in [-0.25, -0.2) is 4.98 Å². The van der Waals surface area contributed by atoms with E-state index in [1.807, 2.05) is 13.0 Å². The predicted molar refractivity (Wildman–Crippen MR) is 72.4 cm³/mol. The van der Waals surface area contributed by atoms with Gasteiger partial charge in [0.2, 0.25) is 0 Å². The van der Waals surface area contributed by atoms with E-state index in [2.05, 4.69) is 4.98 Å². The highest BCUT2D eigenvalue weighted by Crippen LogP contribution is 2.19. The lowest BCUT2D eigenvalue weighted by Crippen LogP contribution is -2.16. The number of hydrogen-bond donors (Lipinski definition) is 1. The highest BCUT2D eigenvalue weighted by molar-refractivity contribution is 5.96. The zero-order valence-electron chi connectivity index (χ0n) is 11.1. The number of imidazole rings is 1. The molecule has 19 heavy (non-hydrogen) atoms. The average Bonchev–Trinajstić information content (AvgIpc) is 2.86. The molecule has 1 aromatic carbocycles. The SMILES string of the molecule is COc1ccc(C(=O)n2cncc2CCN)cc1C. The van der Waals surface area contributed by atoms with Crippen LogP contribution >= 0.6 is 0 Å². The number of aryl methyl sites for hydroxylation is 1. The van der Waals surface area contributed by atoms with Gasteiger partial charge in [0, 0.05) is 23.9 Å². The maximum absolute atomic E-state index is 12.4. The standard InChI is InChI=1S/C14H17N3O2/c1-10-7-11(3-4-13(10)19-2)14(18)17-9-16-8-12(17)5-6-15/h3-4,7-9H,5-6,15H2,1-2H3. The number of nitrogens with zero attached hydrogens (tertiary/aromatic N) is 2. The molecule has 0 fully saturated rings. The minimum Gasteiger partial charge on any atom is -0.496 e. The molecule has 0 unspecified atom stereocenters. The second-order valence-corrected chi connectivity index (χ2v) is 4.28. The van der Waals surface area contributed by atoms with Crippen molar-refractivity contribution in [3.05, 3.63) is 47.5 Å². The van der Waals surface area contributed by atoms with Gasteiger partial charge in [0.15, 0.2) is 0 Å². The van der Waals surface area contributed by atoms with E-state index in [4.69, 9.17) is 10.5 Å². The van der Waals surface area contributed by atoms with E-state index in [9.17, 15) is 4.79 Å². The van der Waals surface area contributed by atoms with Crippen molar-refractivity contribution in [2.45, 2.75) is 13.3 Å². The Hall–Kier alpha value is -2.14. The molecule has 5 heteroatoms. The topological polar surface area (TPSA) is 70.1 Å². The Labute approximate surface area is 112 Å². The number of carbonyl (C=O) groups is 1. The van der Waals surface area contributed by atoms with Crippen LogP contribution in [0.1, 0.15) is 21.6 Å². The maximum atomic E-state index is 12.4. The van der Waals surface area contributed by atoms with Crippen LogP contribution in [0.5, 0.6) is 5.75 Å². The van der Waals surface area contributed by atoms with Gasteiger partial charge in [-0.1, -0.05) is 0 Å². The smallest absolute Gasteiger partial charge is 0.263 e. The van der Waals surface area contributed by atoms with Crippen molar-refractivity contribution in [3.63, 3.8) is 0 Å². The lowest BCUT2D eigenvalue weighted by atomic mass is 10.1. The van der Waals surface area contributed by atoms with Crippen molar-refractivity contribution in [2.24, 2.45) is 5.73 Å². The molecule has 0 atom stereocenters. The van der Waals surface area contributed by atoms with E-state index in [-0.39, 0.29) is 5.91 Å². The third kappa shape index (κ3) is 2.66. The van der Waals surface area contributed by atoms with E-state index in [1.165, 1.54) is 10.9 Å². The van der Waals surface area contributed by atoms with Crippen LogP contribution < -0.4 is 10.5 Å². The maximum Gasteiger partial charge on any atom is 0.263 e. The zero-order chi connectivity index (χ0) is 13.8. The van der Waals surface area contributed by atoms with Crippen molar-refractivity contribution in [1.82, 2.24) is 9.55 Å². The van der Waals surface area contributed by atoms with Crippen LogP contribution in [0.3, 0.4) is 0 Å². The fourth-order valence-corrected chi connectivity index (χ4v) is 1.99. The first-order chi connectivity index (χ1) is 9.17. The number of ether oxygens (including phenoxy) is 1. The molecular formula is C14H17N3O2. The van der Waals surface area contributed by atoms with Gasteiger partial charge in [-0.2, -0.15) is 0 Å². The summed E-state index contributed by atoms with van der Waals surface area (Å²) < 4.78 is 6.72. The molecule has 0 radical (unpaired) electrons. The van der Waals surface area contributed by atoms with Gasteiger partial charge >= 0.3 is 0 Å². The Bertz CT molecular complexity index is 590. The second-order valence-electron chi connectivity index (χ2n) is 4.28. The molecule has 2 aromatic rings. The number of methoxy groups -OCH3 is 1. The van der Waals surface area contributed by atoms with Gasteiger partial charge in [0.05, 0.1) is 7.11 Å². The first kappa shape index (κ1) is 13.3. The van der Waals surface area contributed by atoms with Gasteiger partial charge in [0.1, 0.15) is 12.1 Å². The molecule has 0 aliphatic rings. The summed E-state index contributed by atoms with van der Waals surface area (Å²) in [4.78, 5) is 16.4. The molecule has 2 N–H and O–H groups in total. The lowest BCUT2D eigenvalue weighted by molar-refractivity contribution is 0.0957. The van der Waals surface area contributed by atoms with Crippen LogP contribution in [-0.2, 0) is 6.42 Å². The Balaban J connectivity index is 2.33. The molecule has 2 rings (SSSR count). The highest BCUT2D eigenvalue weighted by atomic mass is 16.5. The number of nitrogens with two attached hydrogens (primary N) is 1. The molecule has 0 spiro atoms. The molecule has 0 aliphatic carbocycles. The predicted octanol–water partition coefficient (Wildman–Crippen LogP) is 1.39. The minimum absolute atomic E-state index is 0.105. The monoisotopic (exact) mass is 259 g/mol. The number of rotatable bonds is 4. The van der Waals surface area contributed by atoms with Gasteiger partial charge in [-0.3, -0.25) is 9.36 Å². The minimum atomic E-state index is -0.105. The molecule has 1 aromatic heterocycles. The third-order valence-corrected chi connectivity index (χ3v) is 2.98. The van der Waals surface area contributed by atoms with Crippen molar-refractivity contribution in [1.29, 1.82) is 0 Å². The van der Waals surface area contributed by atoms with E-state index >= 15 is 0 Å². The van der Waals surface area contributed by atoms with Crippen molar-refractivity contribution in [2.75, 3.05) is 13.7 Å². The van der Waals surface area contributed by atoms with Crippen LogP contribution in [0.15, 0.2) is 30.7 Å². The Morgan fingerprint density at radius 3 is 2.89 bits per heavy atom. The van der Waals surface area contributed by atoms with Crippen LogP contribution in [0.4, 0.5) is 0 Å². The van der Waals surface area contributed by atoms with Gasteiger partial charge in [0.25, 0.3) is 5.91 Å². The Morgan fingerprint density at radius 2 is 2.26 bits per heavy atom. The number of carbonyl (C=O) groups excluding carboxylic acids is 1. The van der Waals surface area contributed by atoms with Crippen LogP contribution in [0.2, 0.25) is 0 Å². The summed E-state index contributed by atoms with van der Waals surface area (Å²) in [5.41, 5.74) is 7.87. The summed E-state index contributed by atoms with van der Waals surface area (Å²) in [5, 5.41) is 0. The molecule has 0 saturated carbocycles. The van der Waals surface area contributed by atoms with E-state index in [1.54, 1.807) is 25.4 Å². The first-order valence-corrected chi connectivity index (χ1v) is 6.08. The Morgan fingerprint density at radius 1 is 1.47 bits per heavy atom. The third-order valence-electron chi connectivity index (χ3n) is 2.98. The largest absolute Gasteiger partial charge is 0.496 e. The number of hydrogen-bond acceptors (Lipinski definition) is 4. The Kier molecular flexibility index (Phi) is 3.97. The lowest BCUT2D eigenvalue weighted by Gasteiger charge is -2.09. The number of benzene rings is 1. The fourth-order valence-electron chi connectivity index (χ4n) is 1.99. The zero-order valence-corrected chi connectivity index (χ0v) is 11.1. The summed E-state index contributed by atoms with van der Waals surface area (Å²) in [5.74, 6) is 0.663. The first-order valence-electron chi connectivity index (χ1n) is 6.08. The van der Waals surface area contributed by atoms with Gasteiger partial charge in [-0.05, 0) is 37.2 Å². The second kappa shape index (κ2) is 5.67. The highest BCUT2D eigenvalue weighted by Gasteiger charge is 2.13. The van der Waals surface area contributed by atoms with Gasteiger partial charge < -0.3 is 10.5 Å². The van der Waals surface area contributed by atoms with Gasteiger partial charge in [-0.15, -0.1) is 0 Å².